The molecule has 0 N–H and O–H groups in total. The molecule has 76 valence electrons. The molecule has 14 heavy (non-hydrogen) atoms. The van der Waals surface area contributed by atoms with Gasteiger partial charge in [0, 0.05) is 9.13 Å². The second-order valence-electron chi connectivity index (χ2n) is 3.71. The average Bonchev–Trinajstić information content (AvgIpc) is 2.18. The molecule has 0 atom stereocenters. The quantitative estimate of drug-likeness (QED) is 0.741. The third-order valence-corrected chi connectivity index (χ3v) is 3.40. The summed E-state index contributed by atoms with van der Waals surface area (Å²) in [5.41, 5.74) is 2.48. The van der Waals surface area contributed by atoms with Crippen LogP contribution in [0.15, 0.2) is 12.1 Å². The van der Waals surface area contributed by atoms with Gasteiger partial charge in [-0.1, -0.05) is 19.9 Å². The zero-order valence-electron chi connectivity index (χ0n) is 8.34. The highest BCUT2D eigenvalue weighted by molar-refractivity contribution is 14.1. The van der Waals surface area contributed by atoms with Crippen LogP contribution >= 0.6 is 22.6 Å². The van der Waals surface area contributed by atoms with Crippen LogP contribution in [0.5, 0.6) is 5.75 Å². The van der Waals surface area contributed by atoms with Crippen molar-refractivity contribution in [2.75, 3.05) is 6.79 Å². The first-order valence-electron chi connectivity index (χ1n) is 4.72. The lowest BCUT2D eigenvalue weighted by Crippen LogP contribution is -2.14. The minimum Gasteiger partial charge on any atom is -0.467 e. The molecule has 1 heterocycles. The van der Waals surface area contributed by atoms with Crippen LogP contribution in [0.3, 0.4) is 0 Å². The Morgan fingerprint density at radius 1 is 1.36 bits per heavy atom. The maximum atomic E-state index is 5.57. The first-order chi connectivity index (χ1) is 6.70. The Bertz CT molecular complexity index is 347. The summed E-state index contributed by atoms with van der Waals surface area (Å²) in [7, 11) is 0. The number of hydrogen-bond acceptors (Lipinski definition) is 2. The molecule has 0 radical (unpaired) electrons. The normalized spacial score (nSPS) is 15.1. The number of rotatable bonds is 1. The lowest BCUT2D eigenvalue weighted by atomic mass is 9.99. The largest absolute Gasteiger partial charge is 0.467 e. The van der Waals surface area contributed by atoms with Gasteiger partial charge in [-0.05, 0) is 40.1 Å². The van der Waals surface area contributed by atoms with Crippen molar-refractivity contribution in [1.29, 1.82) is 0 Å². The Morgan fingerprint density at radius 3 is 2.86 bits per heavy atom. The minimum absolute atomic E-state index is 0.382. The number of hydrogen-bond donors (Lipinski definition) is 0. The van der Waals surface area contributed by atoms with Crippen molar-refractivity contribution in [2.45, 2.75) is 26.4 Å². The Morgan fingerprint density at radius 2 is 2.14 bits per heavy atom. The van der Waals surface area contributed by atoms with Crippen LogP contribution in [-0.4, -0.2) is 6.79 Å². The Labute approximate surface area is 97.7 Å². The van der Waals surface area contributed by atoms with Crippen molar-refractivity contribution < 1.29 is 9.47 Å². The SMILES string of the molecule is CC(C)c1ccc(I)c2c1OCOC2. The van der Waals surface area contributed by atoms with Crippen LogP contribution in [0.4, 0.5) is 0 Å². The highest BCUT2D eigenvalue weighted by Gasteiger charge is 2.19. The number of halogens is 1. The van der Waals surface area contributed by atoms with E-state index < -0.39 is 0 Å². The molecule has 1 aromatic carbocycles. The molecule has 0 fully saturated rings. The monoisotopic (exact) mass is 304 g/mol. The molecule has 2 nitrogen and oxygen atoms in total. The van der Waals surface area contributed by atoms with E-state index in [1.165, 1.54) is 14.7 Å². The van der Waals surface area contributed by atoms with Crippen molar-refractivity contribution in [3.63, 3.8) is 0 Å². The maximum Gasteiger partial charge on any atom is 0.189 e. The molecule has 0 unspecified atom stereocenters. The fourth-order valence-electron chi connectivity index (χ4n) is 1.63. The van der Waals surface area contributed by atoms with Gasteiger partial charge in [-0.2, -0.15) is 0 Å². The first kappa shape index (κ1) is 10.2. The minimum atomic E-state index is 0.382. The van der Waals surface area contributed by atoms with E-state index >= 15 is 0 Å². The summed E-state index contributed by atoms with van der Waals surface area (Å²) in [6.07, 6.45) is 0. The number of benzene rings is 1. The standard InChI is InChI=1S/C11H13IO2/c1-7(2)8-3-4-10(12)9-5-13-6-14-11(8)9/h3-4,7H,5-6H2,1-2H3. The van der Waals surface area contributed by atoms with Gasteiger partial charge >= 0.3 is 0 Å². The van der Waals surface area contributed by atoms with E-state index in [1.807, 2.05) is 0 Å². The van der Waals surface area contributed by atoms with E-state index in [2.05, 4.69) is 48.6 Å². The smallest absolute Gasteiger partial charge is 0.189 e. The topological polar surface area (TPSA) is 18.5 Å². The van der Waals surface area contributed by atoms with Gasteiger partial charge in [0.25, 0.3) is 0 Å². The van der Waals surface area contributed by atoms with Crippen LogP contribution in [0.2, 0.25) is 0 Å². The van der Waals surface area contributed by atoms with Gasteiger partial charge < -0.3 is 9.47 Å². The molecule has 2 rings (SSSR count). The van der Waals surface area contributed by atoms with E-state index in [9.17, 15) is 0 Å². The molecule has 0 amide bonds. The molecular formula is C11H13IO2. The van der Waals surface area contributed by atoms with E-state index in [1.54, 1.807) is 0 Å². The molecule has 1 aromatic rings. The van der Waals surface area contributed by atoms with Crippen molar-refractivity contribution in [3.05, 3.63) is 26.8 Å². The second-order valence-corrected chi connectivity index (χ2v) is 4.87. The molecule has 0 spiro atoms. The van der Waals surface area contributed by atoms with Gasteiger partial charge in [-0.25, -0.2) is 0 Å². The summed E-state index contributed by atoms with van der Waals surface area (Å²) in [5.74, 6) is 1.54. The van der Waals surface area contributed by atoms with Gasteiger partial charge in [-0.3, -0.25) is 0 Å². The fourth-order valence-corrected chi connectivity index (χ4v) is 2.21. The van der Waals surface area contributed by atoms with Crippen LogP contribution in [0, 0.1) is 3.57 Å². The highest BCUT2D eigenvalue weighted by Crippen LogP contribution is 2.35. The van der Waals surface area contributed by atoms with Gasteiger partial charge in [0.15, 0.2) is 6.79 Å². The Balaban J connectivity index is 2.53. The van der Waals surface area contributed by atoms with Crippen molar-refractivity contribution in [2.24, 2.45) is 0 Å². The van der Waals surface area contributed by atoms with E-state index in [0.29, 0.717) is 19.3 Å². The maximum absolute atomic E-state index is 5.57. The van der Waals surface area contributed by atoms with Crippen LogP contribution in [0.1, 0.15) is 30.9 Å². The highest BCUT2D eigenvalue weighted by atomic mass is 127. The number of ether oxygens (including phenoxy) is 2. The zero-order chi connectivity index (χ0) is 10.1. The van der Waals surface area contributed by atoms with E-state index in [0.717, 1.165) is 5.75 Å². The lowest BCUT2D eigenvalue weighted by Gasteiger charge is -2.23. The van der Waals surface area contributed by atoms with Crippen LogP contribution in [0.25, 0.3) is 0 Å². The molecule has 0 saturated carbocycles. The summed E-state index contributed by atoms with van der Waals surface area (Å²) in [6, 6.07) is 4.28. The van der Waals surface area contributed by atoms with Gasteiger partial charge in [0.2, 0.25) is 0 Å². The van der Waals surface area contributed by atoms with Gasteiger partial charge in [-0.15, -0.1) is 0 Å². The Hall–Kier alpha value is -0.290. The number of fused-ring (bicyclic) bond motifs is 1. The molecular weight excluding hydrogens is 291 g/mol. The predicted molar refractivity (Wildman–Crippen MR) is 63.5 cm³/mol. The summed E-state index contributed by atoms with van der Waals surface area (Å²) in [5, 5.41) is 0. The van der Waals surface area contributed by atoms with Crippen LogP contribution < -0.4 is 4.74 Å². The van der Waals surface area contributed by atoms with E-state index in [-0.39, 0.29) is 0 Å². The average molecular weight is 304 g/mol. The summed E-state index contributed by atoms with van der Waals surface area (Å²) >= 11 is 2.32. The van der Waals surface area contributed by atoms with Crippen LogP contribution in [-0.2, 0) is 11.3 Å². The molecule has 0 bridgehead atoms. The zero-order valence-corrected chi connectivity index (χ0v) is 10.5. The Kier molecular flexibility index (Phi) is 2.97. The van der Waals surface area contributed by atoms with E-state index in [4.69, 9.17) is 9.47 Å². The fraction of sp³-hybridized carbons (Fsp3) is 0.455. The lowest BCUT2D eigenvalue weighted by molar-refractivity contribution is -0.0176. The molecule has 0 aromatic heterocycles. The van der Waals surface area contributed by atoms with Gasteiger partial charge in [0.05, 0.1) is 6.61 Å². The van der Waals surface area contributed by atoms with Crippen molar-refractivity contribution in [3.8, 4) is 5.75 Å². The molecule has 0 aliphatic carbocycles. The molecule has 3 heteroatoms. The summed E-state index contributed by atoms with van der Waals surface area (Å²) in [4.78, 5) is 0. The molecule has 1 aliphatic rings. The predicted octanol–water partition coefficient (Wildman–Crippen LogP) is 3.28. The van der Waals surface area contributed by atoms with Crippen molar-refractivity contribution in [1.82, 2.24) is 0 Å². The molecule has 0 saturated heterocycles. The summed E-state index contributed by atoms with van der Waals surface area (Å²) < 4.78 is 12.1. The summed E-state index contributed by atoms with van der Waals surface area (Å²) in [6.45, 7) is 5.42. The van der Waals surface area contributed by atoms with Crippen molar-refractivity contribution >= 4 is 22.6 Å². The molecule has 1 aliphatic heterocycles. The first-order valence-corrected chi connectivity index (χ1v) is 5.80. The third-order valence-electron chi connectivity index (χ3n) is 2.39. The third kappa shape index (κ3) is 1.75. The second kappa shape index (κ2) is 4.06. The van der Waals surface area contributed by atoms with Gasteiger partial charge in [0.1, 0.15) is 5.75 Å².